The van der Waals surface area contributed by atoms with Gasteiger partial charge in [0.2, 0.25) is 5.91 Å². The van der Waals surface area contributed by atoms with Crippen LogP contribution >= 0.6 is 0 Å². The van der Waals surface area contributed by atoms with E-state index in [1.807, 2.05) is 0 Å². The quantitative estimate of drug-likeness (QED) is 0.567. The van der Waals surface area contributed by atoms with Gasteiger partial charge in [-0.2, -0.15) is 0 Å². The van der Waals surface area contributed by atoms with Crippen molar-refractivity contribution in [1.29, 1.82) is 0 Å². The van der Waals surface area contributed by atoms with E-state index in [1.165, 1.54) is 11.1 Å². The first kappa shape index (κ1) is 21.2. The molecular weight excluding hydrogens is 338 g/mol. The summed E-state index contributed by atoms with van der Waals surface area (Å²) < 4.78 is 0. The van der Waals surface area contributed by atoms with E-state index in [9.17, 15) is 4.79 Å². The Kier molecular flexibility index (Phi) is 8.58. The van der Waals surface area contributed by atoms with Crippen LogP contribution < -0.4 is 10.6 Å². The number of guanidine groups is 1. The number of nitrogens with one attached hydrogen (secondary N) is 2. The van der Waals surface area contributed by atoms with E-state index in [4.69, 9.17) is 4.99 Å². The van der Waals surface area contributed by atoms with Crippen molar-refractivity contribution >= 4 is 11.9 Å². The summed E-state index contributed by atoms with van der Waals surface area (Å²) >= 11 is 0. The Morgan fingerprint density at radius 1 is 1.26 bits per heavy atom. The van der Waals surface area contributed by atoms with Gasteiger partial charge in [0.05, 0.1) is 6.54 Å². The molecule has 0 aliphatic carbocycles. The van der Waals surface area contributed by atoms with Crippen molar-refractivity contribution in [2.45, 2.75) is 39.3 Å². The molecule has 1 heterocycles. The molecule has 1 aliphatic rings. The lowest BCUT2D eigenvalue weighted by Crippen LogP contribution is -2.46. The number of piperidine rings is 1. The Bertz CT molecular complexity index is 621. The second kappa shape index (κ2) is 10.9. The summed E-state index contributed by atoms with van der Waals surface area (Å²) in [4.78, 5) is 21.0. The molecule has 1 saturated heterocycles. The van der Waals surface area contributed by atoms with Crippen molar-refractivity contribution in [2.75, 3.05) is 40.8 Å². The van der Waals surface area contributed by atoms with Gasteiger partial charge in [-0.05, 0) is 50.9 Å². The van der Waals surface area contributed by atoms with E-state index in [0.29, 0.717) is 18.9 Å². The van der Waals surface area contributed by atoms with Crippen molar-refractivity contribution in [3.05, 3.63) is 35.4 Å². The van der Waals surface area contributed by atoms with Crippen molar-refractivity contribution < 1.29 is 4.79 Å². The molecule has 0 atom stereocenters. The smallest absolute Gasteiger partial charge is 0.220 e. The summed E-state index contributed by atoms with van der Waals surface area (Å²) in [5.41, 5.74) is 2.55. The fourth-order valence-electron chi connectivity index (χ4n) is 3.50. The number of aliphatic imine (C=N–C) groups is 1. The lowest BCUT2D eigenvalue weighted by molar-refractivity contribution is -0.121. The number of hydrogen-bond donors (Lipinski definition) is 2. The number of benzene rings is 1. The van der Waals surface area contributed by atoms with Crippen LogP contribution in [0.3, 0.4) is 0 Å². The number of amides is 1. The van der Waals surface area contributed by atoms with Crippen LogP contribution in [-0.2, 0) is 17.9 Å². The molecule has 27 heavy (non-hydrogen) atoms. The highest BCUT2D eigenvalue weighted by atomic mass is 16.1. The first-order valence-electron chi connectivity index (χ1n) is 9.98. The fraction of sp³-hybridized carbons (Fsp3) is 0.619. The Hall–Kier alpha value is -2.08. The zero-order valence-corrected chi connectivity index (χ0v) is 17.3. The largest absolute Gasteiger partial charge is 0.359 e. The lowest BCUT2D eigenvalue weighted by Gasteiger charge is -2.34. The lowest BCUT2D eigenvalue weighted by atomic mass is 9.93. The minimum absolute atomic E-state index is 0.145. The molecule has 0 bridgehead atoms. The average Bonchev–Trinajstić information content (AvgIpc) is 2.65. The Balaban J connectivity index is 1.96. The maximum absolute atomic E-state index is 11.6. The van der Waals surface area contributed by atoms with E-state index < -0.39 is 0 Å². The second-order valence-corrected chi connectivity index (χ2v) is 7.54. The normalized spacial score (nSPS) is 15.9. The monoisotopic (exact) mass is 373 g/mol. The number of likely N-dealkylation sites (tertiary alicyclic amines) is 1. The molecule has 1 aromatic carbocycles. The predicted molar refractivity (Wildman–Crippen MR) is 112 cm³/mol. The van der Waals surface area contributed by atoms with E-state index in [0.717, 1.165) is 45.0 Å². The molecule has 0 spiro atoms. The van der Waals surface area contributed by atoms with Crippen LogP contribution in [0.4, 0.5) is 0 Å². The van der Waals surface area contributed by atoms with Gasteiger partial charge in [0.1, 0.15) is 0 Å². The summed E-state index contributed by atoms with van der Waals surface area (Å²) in [6.07, 6.45) is 2.71. The molecule has 1 amide bonds. The second-order valence-electron chi connectivity index (χ2n) is 7.54. The average molecular weight is 374 g/mol. The highest BCUT2D eigenvalue weighted by Gasteiger charge is 2.23. The SMILES string of the molecule is CCNC(=NCc1cccc(CN(C)C)c1)N1CCC(CC(=O)NC)CC1. The summed E-state index contributed by atoms with van der Waals surface area (Å²) in [5, 5.41) is 6.15. The predicted octanol–water partition coefficient (Wildman–Crippen LogP) is 2.06. The highest BCUT2D eigenvalue weighted by molar-refractivity contribution is 5.80. The molecule has 0 unspecified atom stereocenters. The van der Waals surface area contributed by atoms with Crippen LogP contribution in [0.25, 0.3) is 0 Å². The topological polar surface area (TPSA) is 60.0 Å². The highest BCUT2D eigenvalue weighted by Crippen LogP contribution is 2.20. The minimum Gasteiger partial charge on any atom is -0.359 e. The van der Waals surface area contributed by atoms with Gasteiger partial charge >= 0.3 is 0 Å². The van der Waals surface area contributed by atoms with E-state index in [1.54, 1.807) is 7.05 Å². The molecule has 0 radical (unpaired) electrons. The summed E-state index contributed by atoms with van der Waals surface area (Å²) in [6, 6.07) is 8.65. The van der Waals surface area contributed by atoms with Crippen LogP contribution in [0.5, 0.6) is 0 Å². The molecule has 1 fully saturated rings. The van der Waals surface area contributed by atoms with Gasteiger partial charge in [-0.25, -0.2) is 4.99 Å². The third kappa shape index (κ3) is 7.21. The Morgan fingerprint density at radius 2 is 1.96 bits per heavy atom. The molecule has 6 heteroatoms. The number of hydrogen-bond acceptors (Lipinski definition) is 3. The van der Waals surface area contributed by atoms with Crippen molar-refractivity contribution in [3.63, 3.8) is 0 Å². The molecule has 2 rings (SSSR count). The first-order chi connectivity index (χ1) is 13.0. The van der Waals surface area contributed by atoms with E-state index in [-0.39, 0.29) is 5.91 Å². The third-order valence-electron chi connectivity index (χ3n) is 4.90. The Labute approximate surface area is 164 Å². The van der Waals surface area contributed by atoms with Crippen molar-refractivity contribution in [3.8, 4) is 0 Å². The maximum Gasteiger partial charge on any atom is 0.220 e. The standard InChI is InChI=1S/C21H35N5O/c1-5-23-21(26-11-9-17(10-12-26)14-20(27)22-2)24-15-18-7-6-8-19(13-18)16-25(3)4/h6-8,13,17H,5,9-12,14-16H2,1-4H3,(H,22,27)(H,23,24). The van der Waals surface area contributed by atoms with E-state index >= 15 is 0 Å². The van der Waals surface area contributed by atoms with Crippen LogP contribution in [0, 0.1) is 5.92 Å². The van der Waals surface area contributed by atoms with Crippen LogP contribution in [0.15, 0.2) is 29.3 Å². The third-order valence-corrected chi connectivity index (χ3v) is 4.90. The Morgan fingerprint density at radius 3 is 2.59 bits per heavy atom. The maximum atomic E-state index is 11.6. The fourth-order valence-corrected chi connectivity index (χ4v) is 3.50. The molecular formula is C21H35N5O. The van der Waals surface area contributed by atoms with Gasteiger partial charge in [0.25, 0.3) is 0 Å². The van der Waals surface area contributed by atoms with Crippen LogP contribution in [-0.4, -0.2) is 62.4 Å². The number of nitrogens with zero attached hydrogens (tertiary/aromatic N) is 3. The summed E-state index contributed by atoms with van der Waals surface area (Å²) in [5.74, 6) is 1.60. The zero-order chi connectivity index (χ0) is 19.6. The summed E-state index contributed by atoms with van der Waals surface area (Å²) in [7, 11) is 5.88. The van der Waals surface area contributed by atoms with Gasteiger partial charge in [-0.3, -0.25) is 4.79 Å². The molecule has 0 saturated carbocycles. The van der Waals surface area contributed by atoms with Gasteiger partial charge in [-0.1, -0.05) is 24.3 Å². The first-order valence-corrected chi connectivity index (χ1v) is 9.98. The number of rotatable bonds is 7. The zero-order valence-electron chi connectivity index (χ0n) is 17.3. The minimum atomic E-state index is 0.145. The summed E-state index contributed by atoms with van der Waals surface area (Å²) in [6.45, 7) is 6.49. The van der Waals surface area contributed by atoms with Crippen LogP contribution in [0.2, 0.25) is 0 Å². The van der Waals surface area contributed by atoms with Gasteiger partial charge in [0.15, 0.2) is 5.96 Å². The molecule has 0 aromatic heterocycles. The molecule has 150 valence electrons. The van der Waals surface area contributed by atoms with Crippen LogP contribution in [0.1, 0.15) is 37.3 Å². The molecule has 2 N–H and O–H groups in total. The number of carbonyl (C=O) groups is 1. The molecule has 1 aliphatic heterocycles. The van der Waals surface area contributed by atoms with E-state index in [2.05, 4.69) is 65.7 Å². The van der Waals surface area contributed by atoms with Crippen molar-refractivity contribution in [1.82, 2.24) is 20.4 Å². The van der Waals surface area contributed by atoms with Gasteiger partial charge in [-0.15, -0.1) is 0 Å². The van der Waals surface area contributed by atoms with Gasteiger partial charge in [0, 0.05) is 39.6 Å². The number of carbonyl (C=O) groups excluding carboxylic acids is 1. The van der Waals surface area contributed by atoms with Crippen molar-refractivity contribution in [2.24, 2.45) is 10.9 Å². The molecule has 6 nitrogen and oxygen atoms in total. The van der Waals surface area contributed by atoms with Gasteiger partial charge < -0.3 is 20.4 Å². The molecule has 1 aromatic rings.